The summed E-state index contributed by atoms with van der Waals surface area (Å²) in [6, 6.07) is -0.273. The normalized spacial score (nSPS) is 18.5. The molecule has 1 aliphatic rings. The molecule has 2 amide bonds. The van der Waals surface area contributed by atoms with E-state index >= 15 is 0 Å². The molecule has 1 aromatic heterocycles. The molecule has 1 unspecified atom stereocenters. The number of nitrogens with zero attached hydrogens (tertiary/aromatic N) is 2. The number of hydrogen-bond donors (Lipinski definition) is 2. The number of morpholine rings is 1. The molecular weight excluding hydrogens is 278 g/mol. The molecule has 1 aromatic rings. The van der Waals surface area contributed by atoms with Gasteiger partial charge in [0.2, 0.25) is 5.89 Å². The first kappa shape index (κ1) is 15.3. The van der Waals surface area contributed by atoms with Crippen molar-refractivity contribution in [3.8, 4) is 0 Å². The van der Waals surface area contributed by atoms with Crippen LogP contribution in [0.5, 0.6) is 0 Å². The van der Waals surface area contributed by atoms with Crippen LogP contribution in [-0.2, 0) is 22.5 Å². The number of aryl methyl sites for hydroxylation is 1. The van der Waals surface area contributed by atoms with Gasteiger partial charge < -0.3 is 24.5 Å². The van der Waals surface area contributed by atoms with E-state index in [1.165, 1.54) is 0 Å². The van der Waals surface area contributed by atoms with E-state index in [0.717, 1.165) is 12.2 Å². The first-order valence-corrected chi connectivity index (χ1v) is 6.88. The Morgan fingerprint density at radius 1 is 1.57 bits per heavy atom. The van der Waals surface area contributed by atoms with Crippen molar-refractivity contribution in [2.75, 3.05) is 19.7 Å². The van der Waals surface area contributed by atoms with Gasteiger partial charge in [0.05, 0.1) is 31.9 Å². The molecule has 0 bridgehead atoms. The van der Waals surface area contributed by atoms with E-state index in [0.29, 0.717) is 19.0 Å². The Labute approximate surface area is 122 Å². The summed E-state index contributed by atoms with van der Waals surface area (Å²) in [5.74, 6) is 0.289. The highest BCUT2D eigenvalue weighted by Gasteiger charge is 2.25. The molecule has 8 nitrogen and oxygen atoms in total. The molecule has 0 radical (unpaired) electrons. The van der Waals surface area contributed by atoms with Crippen LogP contribution in [0, 0.1) is 0 Å². The summed E-state index contributed by atoms with van der Waals surface area (Å²) in [6.45, 7) is 3.21. The molecule has 0 saturated carbocycles. The Hall–Kier alpha value is -2.09. The first-order chi connectivity index (χ1) is 10.1. The molecule has 1 fully saturated rings. The number of rotatable bonds is 5. The molecule has 1 aliphatic heterocycles. The summed E-state index contributed by atoms with van der Waals surface area (Å²) in [5.41, 5.74) is 0. The average Bonchev–Trinajstić information content (AvgIpc) is 2.92. The number of aliphatic carboxylic acids is 1. The molecule has 2 N–H and O–H groups in total. The van der Waals surface area contributed by atoms with E-state index in [1.807, 2.05) is 6.92 Å². The number of hydrogen-bond acceptors (Lipinski definition) is 5. The maximum atomic E-state index is 12.0. The summed E-state index contributed by atoms with van der Waals surface area (Å²) in [5, 5.41) is 11.5. The van der Waals surface area contributed by atoms with Gasteiger partial charge in [-0.15, -0.1) is 0 Å². The van der Waals surface area contributed by atoms with Gasteiger partial charge in [0, 0.05) is 19.5 Å². The Kier molecular flexibility index (Phi) is 5.15. The van der Waals surface area contributed by atoms with E-state index in [1.54, 1.807) is 11.1 Å². The minimum Gasteiger partial charge on any atom is -0.481 e. The molecule has 0 spiro atoms. The largest absolute Gasteiger partial charge is 0.481 e. The van der Waals surface area contributed by atoms with Crippen molar-refractivity contribution in [3.05, 3.63) is 17.8 Å². The zero-order valence-electron chi connectivity index (χ0n) is 11.9. The van der Waals surface area contributed by atoms with Crippen LogP contribution in [0.15, 0.2) is 10.6 Å². The van der Waals surface area contributed by atoms with Gasteiger partial charge in [-0.2, -0.15) is 0 Å². The monoisotopic (exact) mass is 297 g/mol. The topological polar surface area (TPSA) is 105 Å². The van der Waals surface area contributed by atoms with E-state index in [2.05, 4.69) is 10.3 Å². The Morgan fingerprint density at radius 3 is 3.05 bits per heavy atom. The molecule has 1 saturated heterocycles. The quantitative estimate of drug-likeness (QED) is 0.825. The summed E-state index contributed by atoms with van der Waals surface area (Å²) < 4.78 is 10.7. The fourth-order valence-electron chi connectivity index (χ4n) is 2.08. The third-order valence-electron chi connectivity index (χ3n) is 3.17. The second-order valence-electron chi connectivity index (χ2n) is 4.77. The van der Waals surface area contributed by atoms with Crippen LogP contribution in [0.25, 0.3) is 0 Å². The Balaban J connectivity index is 1.80. The summed E-state index contributed by atoms with van der Waals surface area (Å²) in [7, 11) is 0. The van der Waals surface area contributed by atoms with Crippen LogP contribution in [0.2, 0.25) is 0 Å². The predicted molar refractivity (Wildman–Crippen MR) is 71.7 cm³/mol. The zero-order chi connectivity index (χ0) is 15.2. The van der Waals surface area contributed by atoms with Crippen molar-refractivity contribution in [2.24, 2.45) is 0 Å². The Morgan fingerprint density at radius 2 is 2.38 bits per heavy atom. The standard InChI is InChI=1S/C13H19N3O5/c1-2-9-6-14-11(21-9)7-15-13(19)16-3-4-20-10(8-16)5-12(17)18/h6,10H,2-5,7-8H2,1H3,(H,15,19)(H,17,18). The molecule has 21 heavy (non-hydrogen) atoms. The summed E-state index contributed by atoms with van der Waals surface area (Å²) in [6.07, 6.45) is 1.82. The van der Waals surface area contributed by atoms with Crippen molar-refractivity contribution >= 4 is 12.0 Å². The minimum atomic E-state index is -0.936. The number of carboxylic acids is 1. The van der Waals surface area contributed by atoms with Crippen molar-refractivity contribution in [2.45, 2.75) is 32.4 Å². The third kappa shape index (κ3) is 4.45. The molecule has 116 valence electrons. The molecule has 0 aromatic carbocycles. The lowest BCUT2D eigenvalue weighted by Crippen LogP contribution is -2.49. The van der Waals surface area contributed by atoms with Gasteiger partial charge in [0.1, 0.15) is 5.76 Å². The van der Waals surface area contributed by atoms with E-state index in [-0.39, 0.29) is 25.5 Å². The number of carbonyl (C=O) groups excluding carboxylic acids is 1. The highest BCUT2D eigenvalue weighted by atomic mass is 16.5. The number of amides is 2. The van der Waals surface area contributed by atoms with Crippen molar-refractivity contribution < 1.29 is 23.8 Å². The number of carbonyl (C=O) groups is 2. The fourth-order valence-corrected chi connectivity index (χ4v) is 2.08. The van der Waals surface area contributed by atoms with Crippen LogP contribution in [0.3, 0.4) is 0 Å². The summed E-state index contributed by atoms with van der Waals surface area (Å²) >= 11 is 0. The van der Waals surface area contributed by atoms with Gasteiger partial charge in [-0.1, -0.05) is 6.92 Å². The SMILES string of the molecule is CCc1cnc(CNC(=O)N2CCOC(CC(=O)O)C2)o1. The number of nitrogens with one attached hydrogen (secondary N) is 1. The highest BCUT2D eigenvalue weighted by Crippen LogP contribution is 2.09. The van der Waals surface area contributed by atoms with Gasteiger partial charge in [0.25, 0.3) is 0 Å². The third-order valence-corrected chi connectivity index (χ3v) is 3.17. The molecule has 1 atom stereocenters. The van der Waals surface area contributed by atoms with Crippen LogP contribution >= 0.6 is 0 Å². The van der Waals surface area contributed by atoms with Crippen LogP contribution in [-0.4, -0.2) is 52.8 Å². The number of aromatic nitrogens is 1. The van der Waals surface area contributed by atoms with Gasteiger partial charge in [-0.3, -0.25) is 4.79 Å². The van der Waals surface area contributed by atoms with E-state index in [9.17, 15) is 9.59 Å². The molecule has 0 aliphatic carbocycles. The van der Waals surface area contributed by atoms with Gasteiger partial charge >= 0.3 is 12.0 Å². The molecule has 2 rings (SSSR count). The molecular formula is C13H19N3O5. The Bertz CT molecular complexity index is 502. The average molecular weight is 297 g/mol. The fraction of sp³-hybridized carbons (Fsp3) is 0.615. The lowest BCUT2D eigenvalue weighted by atomic mass is 10.2. The zero-order valence-corrected chi connectivity index (χ0v) is 11.9. The van der Waals surface area contributed by atoms with Crippen LogP contribution in [0.1, 0.15) is 25.0 Å². The number of urea groups is 1. The van der Waals surface area contributed by atoms with Gasteiger partial charge in [0.15, 0.2) is 0 Å². The second kappa shape index (κ2) is 7.07. The van der Waals surface area contributed by atoms with Crippen LogP contribution in [0.4, 0.5) is 4.79 Å². The second-order valence-corrected chi connectivity index (χ2v) is 4.77. The number of ether oxygens (including phenoxy) is 1. The van der Waals surface area contributed by atoms with E-state index in [4.69, 9.17) is 14.3 Å². The molecule has 2 heterocycles. The highest BCUT2D eigenvalue weighted by molar-refractivity contribution is 5.74. The maximum Gasteiger partial charge on any atom is 0.318 e. The predicted octanol–water partition coefficient (Wildman–Crippen LogP) is 0.622. The number of carboxylic acid groups (broad SMARTS) is 1. The van der Waals surface area contributed by atoms with Crippen molar-refractivity contribution in [1.29, 1.82) is 0 Å². The van der Waals surface area contributed by atoms with Gasteiger partial charge in [-0.05, 0) is 0 Å². The first-order valence-electron chi connectivity index (χ1n) is 6.88. The number of oxazole rings is 1. The lowest BCUT2D eigenvalue weighted by molar-refractivity contribution is -0.141. The minimum absolute atomic E-state index is 0.108. The van der Waals surface area contributed by atoms with Crippen molar-refractivity contribution in [1.82, 2.24) is 15.2 Å². The smallest absolute Gasteiger partial charge is 0.318 e. The molecule has 8 heteroatoms. The van der Waals surface area contributed by atoms with Gasteiger partial charge in [-0.25, -0.2) is 9.78 Å². The maximum absolute atomic E-state index is 12.0. The van der Waals surface area contributed by atoms with Crippen LogP contribution < -0.4 is 5.32 Å². The van der Waals surface area contributed by atoms with E-state index < -0.39 is 12.1 Å². The van der Waals surface area contributed by atoms with Crippen molar-refractivity contribution in [3.63, 3.8) is 0 Å². The lowest BCUT2D eigenvalue weighted by Gasteiger charge is -2.32. The summed E-state index contributed by atoms with van der Waals surface area (Å²) in [4.78, 5) is 28.3.